The van der Waals surface area contributed by atoms with Crippen molar-refractivity contribution in [3.63, 3.8) is 0 Å². The first-order chi connectivity index (χ1) is 6.61. The van der Waals surface area contributed by atoms with Crippen molar-refractivity contribution in [2.75, 3.05) is 0 Å². The Morgan fingerprint density at radius 2 is 2.07 bits per heavy atom. The molecule has 0 radical (unpaired) electrons. The van der Waals surface area contributed by atoms with Crippen LogP contribution in [0.1, 0.15) is 17.5 Å². The summed E-state index contributed by atoms with van der Waals surface area (Å²) >= 11 is 0. The van der Waals surface area contributed by atoms with E-state index in [0.717, 1.165) is 11.1 Å². The molecule has 76 valence electrons. The van der Waals surface area contributed by atoms with Gasteiger partial charge in [0.15, 0.2) is 6.10 Å². The van der Waals surface area contributed by atoms with Gasteiger partial charge in [-0.25, -0.2) is 4.79 Å². The molecule has 1 atom stereocenters. The van der Waals surface area contributed by atoms with Gasteiger partial charge < -0.3 is 10.2 Å². The molecule has 3 nitrogen and oxygen atoms in total. The van der Waals surface area contributed by atoms with E-state index in [1.165, 1.54) is 0 Å². The molecule has 0 saturated heterocycles. The van der Waals surface area contributed by atoms with Crippen LogP contribution in [0.3, 0.4) is 0 Å². The number of aliphatic carboxylic acids is 1. The van der Waals surface area contributed by atoms with E-state index in [0.29, 0.717) is 6.42 Å². The van der Waals surface area contributed by atoms with E-state index in [1.54, 1.807) is 0 Å². The fraction of sp³-hybridized carbons (Fsp3) is 0.364. The van der Waals surface area contributed by atoms with Gasteiger partial charge >= 0.3 is 5.97 Å². The minimum Gasteiger partial charge on any atom is -0.479 e. The number of benzene rings is 1. The number of hydrogen-bond donors (Lipinski definition) is 2. The van der Waals surface area contributed by atoms with E-state index in [1.807, 2.05) is 31.2 Å². The standard InChI is InChI=1S/C11H14O3/c1-8-4-2-3-5-9(8)6-7-10(12)11(13)14/h2-5,10,12H,6-7H2,1H3,(H,13,14)/t10-/m0/s1. The minimum atomic E-state index is -1.25. The Kier molecular flexibility index (Phi) is 3.65. The van der Waals surface area contributed by atoms with Crippen LogP contribution in [-0.2, 0) is 11.2 Å². The Bertz CT molecular complexity index is 320. The molecule has 0 spiro atoms. The molecule has 0 aromatic heterocycles. The monoisotopic (exact) mass is 194 g/mol. The maximum atomic E-state index is 10.4. The first-order valence-corrected chi connectivity index (χ1v) is 4.56. The van der Waals surface area contributed by atoms with Crippen LogP contribution in [0.5, 0.6) is 0 Å². The third kappa shape index (κ3) is 2.85. The number of aliphatic hydroxyl groups is 1. The van der Waals surface area contributed by atoms with E-state index in [9.17, 15) is 4.79 Å². The average molecular weight is 194 g/mol. The van der Waals surface area contributed by atoms with Gasteiger partial charge in [0.05, 0.1) is 0 Å². The molecule has 0 amide bonds. The summed E-state index contributed by atoms with van der Waals surface area (Å²) in [7, 11) is 0. The highest BCUT2D eigenvalue weighted by atomic mass is 16.4. The van der Waals surface area contributed by atoms with Crippen molar-refractivity contribution < 1.29 is 15.0 Å². The summed E-state index contributed by atoms with van der Waals surface area (Å²) in [6, 6.07) is 7.77. The zero-order valence-electron chi connectivity index (χ0n) is 8.10. The van der Waals surface area contributed by atoms with Gasteiger partial charge in [0.1, 0.15) is 0 Å². The predicted molar refractivity (Wildman–Crippen MR) is 53.1 cm³/mol. The topological polar surface area (TPSA) is 57.5 Å². The molecule has 0 saturated carbocycles. The van der Waals surface area contributed by atoms with Crippen LogP contribution >= 0.6 is 0 Å². The van der Waals surface area contributed by atoms with Crippen molar-refractivity contribution in [2.24, 2.45) is 0 Å². The van der Waals surface area contributed by atoms with Gasteiger partial charge in [0.2, 0.25) is 0 Å². The molecular formula is C11H14O3. The van der Waals surface area contributed by atoms with Gasteiger partial charge in [-0.15, -0.1) is 0 Å². The Morgan fingerprint density at radius 3 is 2.64 bits per heavy atom. The number of hydrogen-bond acceptors (Lipinski definition) is 2. The summed E-state index contributed by atoms with van der Waals surface area (Å²) in [5, 5.41) is 17.6. The van der Waals surface area contributed by atoms with E-state index in [2.05, 4.69) is 0 Å². The van der Waals surface area contributed by atoms with Gasteiger partial charge in [-0.05, 0) is 30.9 Å². The number of rotatable bonds is 4. The van der Waals surface area contributed by atoms with Crippen LogP contribution in [-0.4, -0.2) is 22.3 Å². The van der Waals surface area contributed by atoms with E-state index >= 15 is 0 Å². The molecule has 1 aromatic rings. The first-order valence-electron chi connectivity index (χ1n) is 4.56. The molecule has 0 unspecified atom stereocenters. The highest BCUT2D eigenvalue weighted by Crippen LogP contribution is 2.10. The quantitative estimate of drug-likeness (QED) is 0.761. The van der Waals surface area contributed by atoms with E-state index < -0.39 is 12.1 Å². The third-order valence-electron chi connectivity index (χ3n) is 2.23. The SMILES string of the molecule is Cc1ccccc1CC[C@H](O)C(=O)O. The lowest BCUT2D eigenvalue weighted by molar-refractivity contribution is -0.146. The lowest BCUT2D eigenvalue weighted by atomic mass is 10.0. The van der Waals surface area contributed by atoms with Gasteiger partial charge in [0, 0.05) is 0 Å². The van der Waals surface area contributed by atoms with Crippen molar-refractivity contribution in [1.82, 2.24) is 0 Å². The highest BCUT2D eigenvalue weighted by Gasteiger charge is 2.12. The van der Waals surface area contributed by atoms with Gasteiger partial charge in [0.25, 0.3) is 0 Å². The minimum absolute atomic E-state index is 0.264. The van der Waals surface area contributed by atoms with E-state index in [-0.39, 0.29) is 6.42 Å². The van der Waals surface area contributed by atoms with Crippen LogP contribution in [0.2, 0.25) is 0 Å². The fourth-order valence-corrected chi connectivity index (χ4v) is 1.31. The summed E-state index contributed by atoms with van der Waals surface area (Å²) < 4.78 is 0. The van der Waals surface area contributed by atoms with Gasteiger partial charge in [-0.1, -0.05) is 24.3 Å². The molecule has 14 heavy (non-hydrogen) atoms. The lowest BCUT2D eigenvalue weighted by Crippen LogP contribution is -2.20. The largest absolute Gasteiger partial charge is 0.479 e. The number of carboxylic acids is 1. The Hall–Kier alpha value is -1.35. The molecule has 0 heterocycles. The maximum absolute atomic E-state index is 10.4. The second-order valence-corrected chi connectivity index (χ2v) is 3.32. The van der Waals surface area contributed by atoms with Crippen LogP contribution in [0, 0.1) is 6.92 Å². The summed E-state index contributed by atoms with van der Waals surface area (Å²) in [5.74, 6) is -1.15. The number of aryl methyl sites for hydroxylation is 2. The van der Waals surface area contributed by atoms with Gasteiger partial charge in [-0.3, -0.25) is 0 Å². The first kappa shape index (κ1) is 10.7. The predicted octanol–water partition coefficient (Wildman–Crippen LogP) is 1.37. The zero-order valence-corrected chi connectivity index (χ0v) is 8.10. The third-order valence-corrected chi connectivity index (χ3v) is 2.23. The second-order valence-electron chi connectivity index (χ2n) is 3.32. The zero-order chi connectivity index (χ0) is 10.6. The number of carbonyl (C=O) groups is 1. The second kappa shape index (κ2) is 4.77. The molecule has 3 heteroatoms. The van der Waals surface area contributed by atoms with E-state index in [4.69, 9.17) is 10.2 Å². The molecule has 0 aliphatic heterocycles. The van der Waals surface area contributed by atoms with Crippen molar-refractivity contribution in [3.8, 4) is 0 Å². The molecule has 0 bridgehead atoms. The van der Waals surface area contributed by atoms with Gasteiger partial charge in [-0.2, -0.15) is 0 Å². The Labute approximate surface area is 83.0 Å². The lowest BCUT2D eigenvalue weighted by Gasteiger charge is -2.07. The Balaban J connectivity index is 2.54. The van der Waals surface area contributed by atoms with Crippen molar-refractivity contribution >= 4 is 5.97 Å². The molecule has 0 fully saturated rings. The van der Waals surface area contributed by atoms with Crippen LogP contribution in [0.15, 0.2) is 24.3 Å². The fourth-order valence-electron chi connectivity index (χ4n) is 1.31. The number of carboxylic acid groups (broad SMARTS) is 1. The van der Waals surface area contributed by atoms with Crippen LogP contribution in [0.4, 0.5) is 0 Å². The summed E-state index contributed by atoms with van der Waals surface area (Å²) in [5.41, 5.74) is 2.22. The molecule has 0 aliphatic rings. The van der Waals surface area contributed by atoms with Crippen molar-refractivity contribution in [3.05, 3.63) is 35.4 Å². The average Bonchev–Trinajstić information content (AvgIpc) is 2.16. The van der Waals surface area contributed by atoms with Crippen LogP contribution in [0.25, 0.3) is 0 Å². The van der Waals surface area contributed by atoms with Crippen molar-refractivity contribution in [2.45, 2.75) is 25.9 Å². The smallest absolute Gasteiger partial charge is 0.332 e. The molecular weight excluding hydrogens is 180 g/mol. The molecule has 1 aromatic carbocycles. The Morgan fingerprint density at radius 1 is 1.43 bits per heavy atom. The van der Waals surface area contributed by atoms with Crippen LogP contribution < -0.4 is 0 Å². The molecule has 2 N–H and O–H groups in total. The summed E-state index contributed by atoms with van der Waals surface area (Å²) in [6.07, 6.45) is -0.394. The van der Waals surface area contributed by atoms with Crippen molar-refractivity contribution in [1.29, 1.82) is 0 Å². The highest BCUT2D eigenvalue weighted by molar-refractivity contribution is 5.71. The summed E-state index contributed by atoms with van der Waals surface area (Å²) in [6.45, 7) is 1.97. The number of aliphatic hydroxyl groups excluding tert-OH is 1. The molecule has 0 aliphatic carbocycles. The normalized spacial score (nSPS) is 12.4. The maximum Gasteiger partial charge on any atom is 0.332 e. The molecule has 1 rings (SSSR count). The summed E-state index contributed by atoms with van der Waals surface area (Å²) in [4.78, 5) is 10.4.